The van der Waals surface area contributed by atoms with Crippen molar-refractivity contribution < 1.29 is 19.4 Å². The maximum Gasteiger partial charge on any atom is 0.358 e. The van der Waals surface area contributed by atoms with Gasteiger partial charge in [-0.05, 0) is 19.9 Å². The Balaban J connectivity index is 2.33. The van der Waals surface area contributed by atoms with Crippen LogP contribution in [0.1, 0.15) is 24.3 Å². The van der Waals surface area contributed by atoms with Crippen molar-refractivity contribution in [2.45, 2.75) is 13.8 Å². The van der Waals surface area contributed by atoms with Crippen molar-refractivity contribution in [3.8, 4) is 22.9 Å². The molecule has 0 atom stereocenters. The van der Waals surface area contributed by atoms with Crippen molar-refractivity contribution in [3.05, 3.63) is 52.4 Å². The van der Waals surface area contributed by atoms with Crippen LogP contribution in [-0.4, -0.2) is 34.3 Å². The normalized spacial score (nSPS) is 10.7. The number of hydrogen-bond acceptors (Lipinski definition) is 6. The highest BCUT2D eigenvalue weighted by atomic mass is 16.5. The number of nitrogens with one attached hydrogen (secondary N) is 1. The summed E-state index contributed by atoms with van der Waals surface area (Å²) in [7, 11) is 0. The van der Waals surface area contributed by atoms with Crippen molar-refractivity contribution in [1.29, 1.82) is 0 Å². The lowest BCUT2D eigenvalue weighted by molar-refractivity contribution is 0.0516. The fraction of sp³-hybridized carbons (Fsp3) is 0.211. The number of aromatic hydroxyl groups is 1. The molecule has 2 aromatic heterocycles. The van der Waals surface area contributed by atoms with Gasteiger partial charge in [-0.1, -0.05) is 30.3 Å². The van der Waals surface area contributed by atoms with Crippen molar-refractivity contribution in [2.24, 2.45) is 0 Å². The zero-order valence-corrected chi connectivity index (χ0v) is 14.4. The van der Waals surface area contributed by atoms with Gasteiger partial charge in [-0.25, -0.2) is 9.78 Å². The van der Waals surface area contributed by atoms with E-state index in [2.05, 4.69) is 9.97 Å². The number of hydrogen-bond donors (Lipinski definition) is 2. The van der Waals surface area contributed by atoms with E-state index in [4.69, 9.17) is 9.47 Å². The van der Waals surface area contributed by atoms with E-state index in [0.29, 0.717) is 12.3 Å². The Labute approximate surface area is 149 Å². The lowest BCUT2D eigenvalue weighted by Gasteiger charge is -2.12. The summed E-state index contributed by atoms with van der Waals surface area (Å²) in [6, 6.07) is 10.8. The molecule has 0 aliphatic rings. The summed E-state index contributed by atoms with van der Waals surface area (Å²) in [5.74, 6) is -1.09. The molecule has 0 aliphatic carbocycles. The van der Waals surface area contributed by atoms with E-state index >= 15 is 0 Å². The molecule has 26 heavy (non-hydrogen) atoms. The van der Waals surface area contributed by atoms with Gasteiger partial charge < -0.3 is 19.6 Å². The smallest absolute Gasteiger partial charge is 0.358 e. The summed E-state index contributed by atoms with van der Waals surface area (Å²) in [6.45, 7) is 3.82. The Kier molecular flexibility index (Phi) is 4.88. The van der Waals surface area contributed by atoms with Gasteiger partial charge in [0, 0.05) is 10.9 Å². The van der Waals surface area contributed by atoms with Crippen molar-refractivity contribution in [1.82, 2.24) is 9.97 Å². The third kappa shape index (κ3) is 3.11. The third-order valence-corrected chi connectivity index (χ3v) is 3.77. The second kappa shape index (κ2) is 7.26. The summed E-state index contributed by atoms with van der Waals surface area (Å²) in [4.78, 5) is 31.3. The molecule has 3 aromatic rings. The Bertz CT molecular complexity index is 1010. The van der Waals surface area contributed by atoms with Crippen LogP contribution in [0.3, 0.4) is 0 Å². The van der Waals surface area contributed by atoms with Crippen LogP contribution in [0.5, 0.6) is 11.6 Å². The minimum Gasteiger partial charge on any atom is -0.505 e. The number of rotatable bonds is 5. The van der Waals surface area contributed by atoms with E-state index in [1.807, 2.05) is 30.3 Å². The molecular formula is C19H18N2O5. The largest absolute Gasteiger partial charge is 0.505 e. The summed E-state index contributed by atoms with van der Waals surface area (Å²) < 4.78 is 10.4. The molecule has 3 rings (SSSR count). The highest BCUT2D eigenvalue weighted by Gasteiger charge is 2.22. The zero-order chi connectivity index (χ0) is 18.7. The van der Waals surface area contributed by atoms with Gasteiger partial charge in [0.2, 0.25) is 5.88 Å². The molecule has 1 aromatic carbocycles. The molecule has 2 heterocycles. The number of nitrogens with zero attached hydrogens (tertiary/aromatic N) is 1. The average Bonchev–Trinajstić information content (AvgIpc) is 2.65. The van der Waals surface area contributed by atoms with Gasteiger partial charge in [-0.2, -0.15) is 0 Å². The minimum atomic E-state index is -0.806. The zero-order valence-electron chi connectivity index (χ0n) is 14.4. The summed E-state index contributed by atoms with van der Waals surface area (Å²) >= 11 is 0. The van der Waals surface area contributed by atoms with Crippen LogP contribution in [0.25, 0.3) is 22.0 Å². The summed E-state index contributed by atoms with van der Waals surface area (Å²) in [5.41, 5.74) is 0.415. The fourth-order valence-corrected chi connectivity index (χ4v) is 2.65. The number of pyridine rings is 2. The Morgan fingerprint density at radius 1 is 1.19 bits per heavy atom. The number of benzene rings is 1. The van der Waals surface area contributed by atoms with Gasteiger partial charge >= 0.3 is 5.97 Å². The van der Waals surface area contributed by atoms with Gasteiger partial charge in [0.1, 0.15) is 5.39 Å². The standard InChI is InChI=1S/C19H18N2O5/c1-3-25-18-14-12(10-13(20-18)11-8-6-5-7-9-11)16(22)15(21-17(14)23)19(24)26-4-2/h5-10,22H,3-4H2,1-2H3,(H,21,23). The van der Waals surface area contributed by atoms with Crippen molar-refractivity contribution in [2.75, 3.05) is 13.2 Å². The number of esters is 1. The average molecular weight is 354 g/mol. The monoisotopic (exact) mass is 354 g/mol. The molecule has 0 fully saturated rings. The highest BCUT2D eigenvalue weighted by Crippen LogP contribution is 2.33. The van der Waals surface area contributed by atoms with E-state index in [0.717, 1.165) is 5.56 Å². The number of fused-ring (bicyclic) bond motifs is 1. The van der Waals surface area contributed by atoms with E-state index in [9.17, 15) is 14.7 Å². The molecule has 0 aliphatic heterocycles. The molecule has 0 saturated heterocycles. The third-order valence-electron chi connectivity index (χ3n) is 3.77. The Hall–Kier alpha value is -3.35. The van der Waals surface area contributed by atoms with Crippen LogP contribution in [0, 0.1) is 0 Å². The fourth-order valence-electron chi connectivity index (χ4n) is 2.65. The van der Waals surface area contributed by atoms with Crippen LogP contribution in [0.4, 0.5) is 0 Å². The molecule has 7 heteroatoms. The van der Waals surface area contributed by atoms with Gasteiger partial charge in [0.15, 0.2) is 11.4 Å². The summed E-state index contributed by atoms with van der Waals surface area (Å²) in [5, 5.41) is 10.8. The number of ether oxygens (including phenoxy) is 2. The Morgan fingerprint density at radius 2 is 1.92 bits per heavy atom. The first-order valence-corrected chi connectivity index (χ1v) is 8.22. The predicted octanol–water partition coefficient (Wildman–Crippen LogP) is 2.87. The molecule has 0 radical (unpaired) electrons. The van der Waals surface area contributed by atoms with Gasteiger partial charge in [-0.3, -0.25) is 4.79 Å². The van der Waals surface area contributed by atoms with E-state index in [1.165, 1.54) is 0 Å². The topological polar surface area (TPSA) is 102 Å². The number of aromatic nitrogens is 2. The SMILES string of the molecule is CCOC(=O)c1[nH]c(=O)c2c(OCC)nc(-c3ccccc3)cc2c1O. The highest BCUT2D eigenvalue weighted by molar-refractivity contribution is 6.01. The van der Waals surface area contributed by atoms with Crippen molar-refractivity contribution in [3.63, 3.8) is 0 Å². The lowest BCUT2D eigenvalue weighted by atomic mass is 10.1. The van der Waals surface area contributed by atoms with Crippen LogP contribution < -0.4 is 10.3 Å². The maximum absolute atomic E-state index is 12.5. The predicted molar refractivity (Wildman–Crippen MR) is 96.6 cm³/mol. The number of carbonyl (C=O) groups excluding carboxylic acids is 1. The quantitative estimate of drug-likeness (QED) is 0.683. The second-order valence-corrected chi connectivity index (χ2v) is 5.43. The molecule has 7 nitrogen and oxygen atoms in total. The van der Waals surface area contributed by atoms with Gasteiger partial charge in [0.05, 0.1) is 18.9 Å². The number of carbonyl (C=O) groups is 1. The van der Waals surface area contributed by atoms with Crippen LogP contribution >= 0.6 is 0 Å². The first kappa shape index (κ1) is 17.5. The molecule has 0 amide bonds. The summed E-state index contributed by atoms with van der Waals surface area (Å²) in [6.07, 6.45) is 0. The molecular weight excluding hydrogens is 336 g/mol. The van der Waals surface area contributed by atoms with Crippen LogP contribution in [-0.2, 0) is 4.74 Å². The van der Waals surface area contributed by atoms with Gasteiger partial charge in [0.25, 0.3) is 5.56 Å². The first-order chi connectivity index (χ1) is 12.6. The lowest BCUT2D eigenvalue weighted by Crippen LogP contribution is -2.17. The van der Waals surface area contributed by atoms with Crippen molar-refractivity contribution >= 4 is 16.7 Å². The molecule has 2 N–H and O–H groups in total. The van der Waals surface area contributed by atoms with Crippen LogP contribution in [0.15, 0.2) is 41.2 Å². The number of H-pyrrole nitrogens is 1. The second-order valence-electron chi connectivity index (χ2n) is 5.43. The van der Waals surface area contributed by atoms with Crippen LogP contribution in [0.2, 0.25) is 0 Å². The number of aromatic amines is 1. The minimum absolute atomic E-state index is 0.0806. The van der Waals surface area contributed by atoms with E-state index in [-0.39, 0.29) is 34.7 Å². The molecule has 0 saturated carbocycles. The molecule has 0 bridgehead atoms. The molecule has 134 valence electrons. The van der Waals surface area contributed by atoms with E-state index in [1.54, 1.807) is 19.9 Å². The van der Waals surface area contributed by atoms with E-state index < -0.39 is 11.5 Å². The molecule has 0 unspecified atom stereocenters. The molecule has 0 spiro atoms. The van der Waals surface area contributed by atoms with Gasteiger partial charge in [-0.15, -0.1) is 0 Å². The maximum atomic E-state index is 12.5. The first-order valence-electron chi connectivity index (χ1n) is 8.22. The Morgan fingerprint density at radius 3 is 2.58 bits per heavy atom.